The Bertz CT molecular complexity index is 1180. The smallest absolute Gasteiger partial charge is 0.321 e. The quantitative estimate of drug-likeness (QED) is 0.412. The van der Waals surface area contributed by atoms with E-state index in [-0.39, 0.29) is 17.9 Å². The van der Waals surface area contributed by atoms with Crippen molar-refractivity contribution in [3.05, 3.63) is 95.1 Å². The molecule has 36 heavy (non-hydrogen) atoms. The number of carbonyl (C=O) groups is 2. The van der Waals surface area contributed by atoms with Crippen molar-refractivity contribution in [2.75, 3.05) is 25.0 Å². The molecule has 6 heteroatoms. The van der Waals surface area contributed by atoms with Crippen molar-refractivity contribution in [3.8, 4) is 5.75 Å². The summed E-state index contributed by atoms with van der Waals surface area (Å²) in [6, 6.07) is 23.4. The van der Waals surface area contributed by atoms with Gasteiger partial charge in [-0.25, -0.2) is 4.79 Å². The first-order chi connectivity index (χ1) is 17.6. The number of nitrogens with one attached hydrogen (secondary N) is 2. The maximum Gasteiger partial charge on any atom is 0.321 e. The molecular weight excluding hydrogens is 450 g/mol. The summed E-state index contributed by atoms with van der Waals surface area (Å²) < 4.78 is 5.66. The van der Waals surface area contributed by atoms with Gasteiger partial charge in [0, 0.05) is 42.4 Å². The molecule has 0 aliphatic carbocycles. The molecule has 0 spiro atoms. The molecule has 0 radical (unpaired) electrons. The fourth-order valence-electron chi connectivity index (χ4n) is 4.62. The first-order valence-corrected chi connectivity index (χ1v) is 12.8. The number of carbonyl (C=O) groups excluding carboxylic acids is 2. The number of likely N-dealkylation sites (tertiary alicyclic amines) is 1. The molecule has 0 aromatic heterocycles. The number of amides is 3. The Kier molecular flexibility index (Phi) is 8.61. The van der Waals surface area contributed by atoms with E-state index in [1.54, 1.807) is 0 Å². The third-order valence-electron chi connectivity index (χ3n) is 6.65. The first-order valence-electron chi connectivity index (χ1n) is 12.8. The third-order valence-corrected chi connectivity index (χ3v) is 6.65. The Balaban J connectivity index is 1.37. The van der Waals surface area contributed by atoms with Crippen molar-refractivity contribution in [1.82, 2.24) is 10.2 Å². The SMILES string of the molecule is CCOc1ccccc1CNC(=O)c1cccc([C@@H]2CCCN(C(=O)Nc3ccc(CC)cc3)C2)c1. The number of hydrogen-bond donors (Lipinski definition) is 2. The number of ether oxygens (including phenoxy) is 1. The second kappa shape index (κ2) is 12.2. The van der Waals surface area contributed by atoms with Gasteiger partial charge in [-0.2, -0.15) is 0 Å². The molecule has 1 aliphatic heterocycles. The Hall–Kier alpha value is -3.80. The maximum absolute atomic E-state index is 12.9. The highest BCUT2D eigenvalue weighted by Gasteiger charge is 2.25. The third kappa shape index (κ3) is 6.45. The topological polar surface area (TPSA) is 70.7 Å². The van der Waals surface area contributed by atoms with Gasteiger partial charge in [0.1, 0.15) is 5.75 Å². The van der Waals surface area contributed by atoms with E-state index in [9.17, 15) is 9.59 Å². The van der Waals surface area contributed by atoms with Crippen LogP contribution in [0.25, 0.3) is 0 Å². The molecule has 3 aromatic carbocycles. The lowest BCUT2D eigenvalue weighted by Gasteiger charge is -2.33. The number of nitrogens with zero attached hydrogens (tertiary/aromatic N) is 1. The zero-order valence-corrected chi connectivity index (χ0v) is 21.1. The second-order valence-electron chi connectivity index (χ2n) is 9.11. The van der Waals surface area contributed by atoms with Crippen LogP contribution < -0.4 is 15.4 Å². The van der Waals surface area contributed by atoms with Crippen LogP contribution in [0.1, 0.15) is 59.7 Å². The minimum Gasteiger partial charge on any atom is -0.494 e. The van der Waals surface area contributed by atoms with E-state index in [0.717, 1.165) is 48.4 Å². The van der Waals surface area contributed by atoms with Crippen LogP contribution in [0.4, 0.5) is 10.5 Å². The number of anilines is 1. The van der Waals surface area contributed by atoms with Crippen molar-refractivity contribution in [2.45, 2.75) is 45.6 Å². The van der Waals surface area contributed by atoms with E-state index >= 15 is 0 Å². The zero-order chi connectivity index (χ0) is 25.3. The van der Waals surface area contributed by atoms with Crippen molar-refractivity contribution < 1.29 is 14.3 Å². The summed E-state index contributed by atoms with van der Waals surface area (Å²) in [7, 11) is 0. The molecule has 1 heterocycles. The van der Waals surface area contributed by atoms with Gasteiger partial charge >= 0.3 is 6.03 Å². The molecule has 1 atom stereocenters. The molecule has 188 valence electrons. The molecule has 1 aliphatic rings. The van der Waals surface area contributed by atoms with E-state index in [2.05, 4.69) is 23.6 Å². The molecule has 0 saturated carbocycles. The summed E-state index contributed by atoms with van der Waals surface area (Å²) in [5, 5.41) is 6.04. The van der Waals surface area contributed by atoms with Crippen molar-refractivity contribution in [3.63, 3.8) is 0 Å². The van der Waals surface area contributed by atoms with Crippen LogP contribution in [0.3, 0.4) is 0 Å². The Labute approximate surface area is 213 Å². The van der Waals surface area contributed by atoms with Crippen LogP contribution in [-0.2, 0) is 13.0 Å². The summed E-state index contributed by atoms with van der Waals surface area (Å²) >= 11 is 0. The van der Waals surface area contributed by atoms with Gasteiger partial charge in [-0.3, -0.25) is 4.79 Å². The fraction of sp³-hybridized carbons (Fsp3) is 0.333. The summed E-state index contributed by atoms with van der Waals surface area (Å²) in [5.74, 6) is 0.860. The molecule has 2 N–H and O–H groups in total. The van der Waals surface area contributed by atoms with Crippen molar-refractivity contribution in [1.29, 1.82) is 0 Å². The molecule has 4 rings (SSSR count). The van der Waals surface area contributed by atoms with Gasteiger partial charge in [-0.05, 0) is 67.6 Å². The van der Waals surface area contributed by atoms with Gasteiger partial charge in [0.05, 0.1) is 6.61 Å². The fourth-order valence-corrected chi connectivity index (χ4v) is 4.62. The van der Waals surface area contributed by atoms with E-state index in [4.69, 9.17) is 4.74 Å². The predicted octanol–water partition coefficient (Wildman–Crippen LogP) is 5.99. The summed E-state index contributed by atoms with van der Waals surface area (Å²) in [4.78, 5) is 27.7. The Morgan fingerprint density at radius 3 is 2.58 bits per heavy atom. The standard InChI is InChI=1S/C30H35N3O3/c1-3-22-14-16-27(17-15-22)32-30(35)33-18-8-12-26(21-33)23-10-7-11-24(19-23)29(34)31-20-25-9-5-6-13-28(25)36-4-2/h5-7,9-11,13-17,19,26H,3-4,8,12,18,20-21H2,1-2H3,(H,31,34)(H,32,35)/t26-/m1/s1. The highest BCUT2D eigenvalue weighted by Crippen LogP contribution is 2.28. The highest BCUT2D eigenvalue weighted by atomic mass is 16.5. The van der Waals surface area contributed by atoms with Gasteiger partial charge in [-0.1, -0.05) is 49.4 Å². The Morgan fingerprint density at radius 2 is 1.81 bits per heavy atom. The van der Waals surface area contributed by atoms with Crippen LogP contribution in [0, 0.1) is 0 Å². The van der Waals surface area contributed by atoms with Crippen LogP contribution in [0.5, 0.6) is 5.75 Å². The van der Waals surface area contributed by atoms with Gasteiger partial charge < -0.3 is 20.3 Å². The van der Waals surface area contributed by atoms with E-state index in [1.807, 2.05) is 78.6 Å². The van der Waals surface area contributed by atoms with Crippen LogP contribution in [0.15, 0.2) is 72.8 Å². The number of benzene rings is 3. The number of hydrogen-bond acceptors (Lipinski definition) is 3. The van der Waals surface area contributed by atoms with Crippen LogP contribution in [0.2, 0.25) is 0 Å². The monoisotopic (exact) mass is 485 g/mol. The van der Waals surface area contributed by atoms with Crippen molar-refractivity contribution >= 4 is 17.6 Å². The lowest BCUT2D eigenvalue weighted by molar-refractivity contribution is 0.0950. The summed E-state index contributed by atoms with van der Waals surface area (Å²) in [5.41, 5.74) is 4.71. The minimum absolute atomic E-state index is 0.0780. The molecule has 1 saturated heterocycles. The van der Waals surface area contributed by atoms with E-state index in [0.29, 0.717) is 25.3 Å². The van der Waals surface area contributed by atoms with Gasteiger partial charge in [-0.15, -0.1) is 0 Å². The normalized spacial score (nSPS) is 15.3. The average molecular weight is 486 g/mol. The lowest BCUT2D eigenvalue weighted by atomic mass is 9.89. The number of rotatable bonds is 8. The molecular formula is C30H35N3O3. The van der Waals surface area contributed by atoms with Gasteiger partial charge in [0.15, 0.2) is 0 Å². The minimum atomic E-state index is -0.121. The largest absolute Gasteiger partial charge is 0.494 e. The highest BCUT2D eigenvalue weighted by molar-refractivity contribution is 5.94. The number of aryl methyl sites for hydroxylation is 1. The number of piperidine rings is 1. The maximum atomic E-state index is 12.9. The molecule has 6 nitrogen and oxygen atoms in total. The first kappa shape index (κ1) is 25.3. The Morgan fingerprint density at radius 1 is 1.00 bits per heavy atom. The molecule has 0 bridgehead atoms. The van der Waals surface area contributed by atoms with Crippen LogP contribution >= 0.6 is 0 Å². The molecule has 3 aromatic rings. The van der Waals surface area contributed by atoms with Crippen LogP contribution in [-0.4, -0.2) is 36.5 Å². The summed E-state index contributed by atoms with van der Waals surface area (Å²) in [6.07, 6.45) is 2.89. The zero-order valence-electron chi connectivity index (χ0n) is 21.1. The molecule has 0 unspecified atom stereocenters. The average Bonchev–Trinajstić information content (AvgIpc) is 2.93. The second-order valence-corrected chi connectivity index (χ2v) is 9.11. The van der Waals surface area contributed by atoms with E-state index < -0.39 is 0 Å². The molecule has 1 fully saturated rings. The number of urea groups is 1. The number of para-hydroxylation sites is 1. The summed E-state index contributed by atoms with van der Waals surface area (Å²) in [6.45, 7) is 6.40. The lowest BCUT2D eigenvalue weighted by Crippen LogP contribution is -2.41. The van der Waals surface area contributed by atoms with Crippen molar-refractivity contribution in [2.24, 2.45) is 0 Å². The predicted molar refractivity (Wildman–Crippen MR) is 144 cm³/mol. The van der Waals surface area contributed by atoms with Gasteiger partial charge in [0.25, 0.3) is 5.91 Å². The van der Waals surface area contributed by atoms with Gasteiger partial charge in [0.2, 0.25) is 0 Å². The van der Waals surface area contributed by atoms with E-state index in [1.165, 1.54) is 5.56 Å². The molecule has 3 amide bonds.